The van der Waals surface area contributed by atoms with Gasteiger partial charge < -0.3 is 15.4 Å². The molecule has 0 bridgehead atoms. The van der Waals surface area contributed by atoms with E-state index >= 15 is 0 Å². The third kappa shape index (κ3) is 4.76. The Bertz CT molecular complexity index is 767. The Labute approximate surface area is 172 Å². The van der Waals surface area contributed by atoms with Crippen molar-refractivity contribution < 1.29 is 4.74 Å². The molecule has 26 heavy (non-hydrogen) atoms. The maximum atomic E-state index is 5.30. The molecule has 2 heterocycles. The average Bonchev–Trinajstić information content (AvgIpc) is 2.92. The third-order valence-electron chi connectivity index (χ3n) is 4.48. The molecule has 0 radical (unpaired) electrons. The number of halogens is 1. The van der Waals surface area contributed by atoms with E-state index in [0.29, 0.717) is 6.54 Å². The van der Waals surface area contributed by atoms with Crippen LogP contribution in [0.5, 0.6) is 0 Å². The summed E-state index contributed by atoms with van der Waals surface area (Å²) in [6, 6.07) is 10.4. The molecule has 0 spiro atoms. The van der Waals surface area contributed by atoms with Crippen molar-refractivity contribution in [2.24, 2.45) is 10.4 Å². The predicted molar refractivity (Wildman–Crippen MR) is 116 cm³/mol. The largest absolute Gasteiger partial charge is 0.380 e. The fraction of sp³-hybridized carbons (Fsp3) is 0.474. The smallest absolute Gasteiger partial charge is 0.191 e. The molecular weight excluding hydrogens is 441 g/mol. The fourth-order valence-electron chi connectivity index (χ4n) is 2.99. The van der Waals surface area contributed by atoms with E-state index in [1.807, 2.05) is 17.7 Å². The Balaban J connectivity index is 0.00000243. The number of para-hydroxylation sites is 1. The van der Waals surface area contributed by atoms with Gasteiger partial charge in [-0.3, -0.25) is 4.99 Å². The van der Waals surface area contributed by atoms with Crippen molar-refractivity contribution in [2.45, 2.75) is 27.3 Å². The first-order valence-corrected chi connectivity index (χ1v) is 8.65. The lowest BCUT2D eigenvalue weighted by Crippen LogP contribution is -2.50. The topological polar surface area (TPSA) is 63.5 Å². The molecule has 1 fully saturated rings. The van der Waals surface area contributed by atoms with Crippen molar-refractivity contribution in [3.05, 3.63) is 47.3 Å². The van der Waals surface area contributed by atoms with Gasteiger partial charge in [-0.25, -0.2) is 4.68 Å². The lowest BCUT2D eigenvalue weighted by molar-refractivity contribution is -0.0971. The molecular formula is C19H28IN5O. The summed E-state index contributed by atoms with van der Waals surface area (Å²) in [5.74, 6) is 0.802. The molecule has 0 unspecified atom stereocenters. The Morgan fingerprint density at radius 3 is 2.58 bits per heavy atom. The number of nitrogens with zero attached hydrogens (tertiary/aromatic N) is 3. The van der Waals surface area contributed by atoms with Crippen molar-refractivity contribution in [2.75, 3.05) is 26.8 Å². The number of aromatic nitrogens is 2. The Morgan fingerprint density at radius 2 is 2.00 bits per heavy atom. The van der Waals surface area contributed by atoms with Gasteiger partial charge in [0, 0.05) is 31.2 Å². The zero-order chi connectivity index (χ0) is 17.9. The molecule has 1 saturated heterocycles. The summed E-state index contributed by atoms with van der Waals surface area (Å²) in [5, 5.41) is 11.4. The van der Waals surface area contributed by atoms with Gasteiger partial charge in [0.25, 0.3) is 0 Å². The van der Waals surface area contributed by atoms with Crippen molar-refractivity contribution in [1.82, 2.24) is 20.4 Å². The number of hydrogen-bond donors (Lipinski definition) is 2. The number of nitrogens with one attached hydrogen (secondary N) is 2. The molecule has 0 amide bonds. The van der Waals surface area contributed by atoms with Gasteiger partial charge in [0.2, 0.25) is 0 Å². The molecule has 1 aromatic carbocycles. The van der Waals surface area contributed by atoms with Gasteiger partial charge in [-0.1, -0.05) is 25.1 Å². The zero-order valence-corrected chi connectivity index (χ0v) is 18.2. The minimum atomic E-state index is 0. The first-order chi connectivity index (χ1) is 12.0. The normalized spacial score (nSPS) is 15.8. The first kappa shape index (κ1) is 20.7. The van der Waals surface area contributed by atoms with Gasteiger partial charge in [-0.15, -0.1) is 24.0 Å². The maximum Gasteiger partial charge on any atom is 0.191 e. The molecule has 1 aromatic heterocycles. The Kier molecular flexibility index (Phi) is 7.05. The second kappa shape index (κ2) is 8.85. The number of aliphatic imine (C=N–C) groups is 1. The average molecular weight is 469 g/mol. The third-order valence-corrected chi connectivity index (χ3v) is 4.48. The molecule has 0 atom stereocenters. The molecule has 2 N–H and O–H groups in total. The molecule has 0 saturated carbocycles. The summed E-state index contributed by atoms with van der Waals surface area (Å²) in [6.07, 6.45) is 0. The van der Waals surface area contributed by atoms with E-state index in [9.17, 15) is 0 Å². The number of rotatable bonds is 5. The van der Waals surface area contributed by atoms with Crippen LogP contribution in [0.1, 0.15) is 23.9 Å². The van der Waals surface area contributed by atoms with E-state index < -0.39 is 0 Å². The minimum absolute atomic E-state index is 0. The van der Waals surface area contributed by atoms with Crippen molar-refractivity contribution in [3.8, 4) is 5.69 Å². The van der Waals surface area contributed by atoms with Gasteiger partial charge in [0.1, 0.15) is 0 Å². The van der Waals surface area contributed by atoms with Gasteiger partial charge in [0.05, 0.1) is 24.6 Å². The van der Waals surface area contributed by atoms with E-state index in [2.05, 4.69) is 58.8 Å². The van der Waals surface area contributed by atoms with Gasteiger partial charge in [0.15, 0.2) is 5.96 Å². The highest BCUT2D eigenvalue weighted by Crippen LogP contribution is 2.25. The molecule has 1 aliphatic heterocycles. The quantitative estimate of drug-likeness (QED) is 0.402. The van der Waals surface area contributed by atoms with Crippen LogP contribution in [0.2, 0.25) is 0 Å². The second-order valence-corrected chi connectivity index (χ2v) is 7.05. The van der Waals surface area contributed by atoms with Crippen molar-refractivity contribution in [3.63, 3.8) is 0 Å². The number of hydrogen-bond acceptors (Lipinski definition) is 3. The van der Waals surface area contributed by atoms with Crippen molar-refractivity contribution >= 4 is 29.9 Å². The van der Waals surface area contributed by atoms with Crippen LogP contribution >= 0.6 is 24.0 Å². The molecule has 6 nitrogen and oxygen atoms in total. The van der Waals surface area contributed by atoms with E-state index in [4.69, 9.17) is 4.74 Å². The molecule has 7 heteroatoms. The summed E-state index contributed by atoms with van der Waals surface area (Å²) in [4.78, 5) is 4.32. The second-order valence-electron chi connectivity index (χ2n) is 7.05. The standard InChI is InChI=1S/C19H27N5O.HI/c1-14-9-15(2)24(23-14)17-8-6-5-7-16(17)10-21-18(20-4)22-11-19(3)12-25-13-19;/h5-9H,10-13H2,1-4H3,(H2,20,21,22);1H. The maximum absolute atomic E-state index is 5.30. The van der Waals surface area contributed by atoms with E-state index in [-0.39, 0.29) is 29.4 Å². The van der Waals surface area contributed by atoms with E-state index in [1.54, 1.807) is 7.05 Å². The SMILES string of the molecule is CN=C(NCc1ccccc1-n1nc(C)cc1C)NCC1(C)COC1.I. The van der Waals surface area contributed by atoms with Crippen LogP contribution in [-0.2, 0) is 11.3 Å². The van der Waals surface area contributed by atoms with Crippen LogP contribution < -0.4 is 10.6 Å². The van der Waals surface area contributed by atoms with Crippen LogP contribution in [0.25, 0.3) is 5.69 Å². The summed E-state index contributed by atoms with van der Waals surface area (Å²) >= 11 is 0. The van der Waals surface area contributed by atoms with Crippen LogP contribution in [0.4, 0.5) is 0 Å². The molecule has 142 valence electrons. The van der Waals surface area contributed by atoms with Gasteiger partial charge in [-0.2, -0.15) is 5.10 Å². The minimum Gasteiger partial charge on any atom is -0.380 e. The lowest BCUT2D eigenvalue weighted by Gasteiger charge is -2.38. The predicted octanol–water partition coefficient (Wildman–Crippen LogP) is 2.81. The highest BCUT2D eigenvalue weighted by molar-refractivity contribution is 14.0. The highest BCUT2D eigenvalue weighted by Gasteiger charge is 2.33. The van der Waals surface area contributed by atoms with Gasteiger partial charge in [-0.05, 0) is 31.5 Å². The summed E-state index contributed by atoms with van der Waals surface area (Å²) in [6.45, 7) is 9.45. The number of benzene rings is 1. The van der Waals surface area contributed by atoms with E-state index in [0.717, 1.165) is 42.8 Å². The first-order valence-electron chi connectivity index (χ1n) is 8.65. The van der Waals surface area contributed by atoms with Crippen molar-refractivity contribution in [1.29, 1.82) is 0 Å². The van der Waals surface area contributed by atoms with Crippen LogP contribution in [0, 0.1) is 19.3 Å². The molecule has 1 aliphatic rings. The summed E-state index contributed by atoms with van der Waals surface area (Å²) in [7, 11) is 1.79. The number of guanidine groups is 1. The summed E-state index contributed by atoms with van der Waals surface area (Å²) in [5.41, 5.74) is 4.63. The Morgan fingerprint density at radius 1 is 1.27 bits per heavy atom. The van der Waals surface area contributed by atoms with Crippen LogP contribution in [0.3, 0.4) is 0 Å². The molecule has 3 rings (SSSR count). The Hall–Kier alpha value is -1.61. The van der Waals surface area contributed by atoms with E-state index in [1.165, 1.54) is 5.56 Å². The highest BCUT2D eigenvalue weighted by atomic mass is 127. The fourth-order valence-corrected chi connectivity index (χ4v) is 2.99. The number of aryl methyl sites for hydroxylation is 2. The lowest BCUT2D eigenvalue weighted by atomic mass is 9.89. The van der Waals surface area contributed by atoms with Gasteiger partial charge >= 0.3 is 0 Å². The zero-order valence-electron chi connectivity index (χ0n) is 15.9. The molecule has 0 aliphatic carbocycles. The summed E-state index contributed by atoms with van der Waals surface area (Å²) < 4.78 is 7.30. The van der Waals surface area contributed by atoms with Crippen LogP contribution in [0.15, 0.2) is 35.3 Å². The molecule has 2 aromatic rings. The van der Waals surface area contributed by atoms with Crippen LogP contribution in [-0.4, -0.2) is 42.5 Å². The monoisotopic (exact) mass is 469 g/mol. The number of ether oxygens (including phenoxy) is 1.